The third kappa shape index (κ3) is 3.77. The lowest BCUT2D eigenvalue weighted by atomic mass is 9.95. The molecule has 0 spiro atoms. The summed E-state index contributed by atoms with van der Waals surface area (Å²) in [6, 6.07) is 20.0. The molecule has 0 fully saturated rings. The highest BCUT2D eigenvalue weighted by atomic mass is 16.5. The van der Waals surface area contributed by atoms with Crippen LogP contribution in [-0.2, 0) is 6.54 Å². The molecule has 30 heavy (non-hydrogen) atoms. The SMILES string of the molecule is COc1ccc(-c2ccc(CNC(=O)c3ccccc3C)c3cnccc23)cc1C. The highest BCUT2D eigenvalue weighted by Crippen LogP contribution is 2.33. The quantitative estimate of drug-likeness (QED) is 0.487. The number of nitrogens with zero attached hydrogens (tertiary/aromatic N) is 1. The lowest BCUT2D eigenvalue weighted by Gasteiger charge is -2.14. The maximum atomic E-state index is 12.6. The molecule has 4 nitrogen and oxygen atoms in total. The molecule has 1 aromatic heterocycles. The van der Waals surface area contributed by atoms with Crippen LogP contribution in [0.2, 0.25) is 0 Å². The smallest absolute Gasteiger partial charge is 0.251 e. The number of pyridine rings is 1. The van der Waals surface area contributed by atoms with E-state index in [0.717, 1.165) is 44.3 Å². The van der Waals surface area contributed by atoms with Gasteiger partial charge in [-0.2, -0.15) is 0 Å². The molecule has 0 bridgehead atoms. The molecule has 0 saturated carbocycles. The van der Waals surface area contributed by atoms with Gasteiger partial charge in [-0.3, -0.25) is 9.78 Å². The minimum Gasteiger partial charge on any atom is -0.496 e. The summed E-state index contributed by atoms with van der Waals surface area (Å²) in [5, 5.41) is 5.19. The number of carbonyl (C=O) groups excluding carboxylic acids is 1. The van der Waals surface area contributed by atoms with Gasteiger partial charge in [0.1, 0.15) is 5.75 Å². The number of hydrogen-bond acceptors (Lipinski definition) is 3. The van der Waals surface area contributed by atoms with Crippen LogP contribution in [0.4, 0.5) is 0 Å². The van der Waals surface area contributed by atoms with Crippen LogP contribution in [0.5, 0.6) is 5.75 Å². The molecule has 0 aliphatic heterocycles. The minimum absolute atomic E-state index is 0.0694. The first-order chi connectivity index (χ1) is 14.6. The normalized spacial score (nSPS) is 10.8. The molecule has 0 radical (unpaired) electrons. The highest BCUT2D eigenvalue weighted by Gasteiger charge is 2.12. The number of aromatic nitrogens is 1. The van der Waals surface area contributed by atoms with E-state index >= 15 is 0 Å². The van der Waals surface area contributed by atoms with Crippen molar-refractivity contribution >= 4 is 16.7 Å². The summed E-state index contributed by atoms with van der Waals surface area (Å²) >= 11 is 0. The molecular formula is C26H24N2O2. The first-order valence-corrected chi connectivity index (χ1v) is 9.93. The first-order valence-electron chi connectivity index (χ1n) is 9.93. The van der Waals surface area contributed by atoms with Crippen LogP contribution in [0, 0.1) is 13.8 Å². The molecule has 150 valence electrons. The van der Waals surface area contributed by atoms with E-state index in [-0.39, 0.29) is 5.91 Å². The van der Waals surface area contributed by atoms with Crippen molar-refractivity contribution in [3.63, 3.8) is 0 Å². The van der Waals surface area contributed by atoms with Crippen LogP contribution in [0.25, 0.3) is 21.9 Å². The average Bonchev–Trinajstić information content (AvgIpc) is 2.77. The number of aryl methyl sites for hydroxylation is 2. The van der Waals surface area contributed by atoms with Crippen molar-refractivity contribution in [2.75, 3.05) is 7.11 Å². The Morgan fingerprint density at radius 1 is 0.967 bits per heavy atom. The number of nitrogens with one attached hydrogen (secondary N) is 1. The Hall–Kier alpha value is -3.66. The number of hydrogen-bond donors (Lipinski definition) is 1. The Kier molecular flexibility index (Phi) is 5.48. The van der Waals surface area contributed by atoms with Crippen molar-refractivity contribution in [1.82, 2.24) is 10.3 Å². The lowest BCUT2D eigenvalue weighted by molar-refractivity contribution is 0.0950. The fourth-order valence-electron chi connectivity index (χ4n) is 3.80. The molecule has 4 aromatic rings. The van der Waals surface area contributed by atoms with Crippen LogP contribution in [0.3, 0.4) is 0 Å². The van der Waals surface area contributed by atoms with E-state index in [4.69, 9.17) is 4.74 Å². The Morgan fingerprint density at radius 2 is 1.80 bits per heavy atom. The van der Waals surface area contributed by atoms with Crippen molar-refractivity contribution in [2.24, 2.45) is 0 Å². The van der Waals surface area contributed by atoms with Gasteiger partial charge in [-0.25, -0.2) is 0 Å². The largest absolute Gasteiger partial charge is 0.496 e. The number of benzene rings is 3. The summed E-state index contributed by atoms with van der Waals surface area (Å²) in [6.45, 7) is 4.43. The van der Waals surface area contributed by atoms with Gasteiger partial charge in [0.05, 0.1) is 7.11 Å². The van der Waals surface area contributed by atoms with Crippen LogP contribution in [0.1, 0.15) is 27.0 Å². The van der Waals surface area contributed by atoms with E-state index in [9.17, 15) is 4.79 Å². The Labute approximate surface area is 176 Å². The van der Waals surface area contributed by atoms with E-state index in [0.29, 0.717) is 12.1 Å². The number of amides is 1. The predicted octanol–water partition coefficient (Wildman–Crippen LogP) is 5.46. The topological polar surface area (TPSA) is 51.2 Å². The Bertz CT molecular complexity index is 1230. The molecule has 0 aliphatic rings. The maximum absolute atomic E-state index is 12.6. The second-order valence-electron chi connectivity index (χ2n) is 7.38. The molecule has 1 amide bonds. The Morgan fingerprint density at radius 3 is 2.57 bits per heavy atom. The third-order valence-corrected chi connectivity index (χ3v) is 5.44. The van der Waals surface area contributed by atoms with Crippen LogP contribution in [0.15, 0.2) is 73.1 Å². The summed E-state index contributed by atoms with van der Waals surface area (Å²) < 4.78 is 5.39. The van der Waals surface area contributed by atoms with Gasteiger partial charge in [0.2, 0.25) is 0 Å². The van der Waals surface area contributed by atoms with Crippen LogP contribution < -0.4 is 10.1 Å². The zero-order valence-electron chi connectivity index (χ0n) is 17.4. The van der Waals surface area contributed by atoms with Gasteiger partial charge in [0, 0.05) is 29.9 Å². The minimum atomic E-state index is -0.0694. The van der Waals surface area contributed by atoms with Gasteiger partial charge in [-0.1, -0.05) is 36.4 Å². The number of carbonyl (C=O) groups is 1. The monoisotopic (exact) mass is 396 g/mol. The molecule has 1 heterocycles. The summed E-state index contributed by atoms with van der Waals surface area (Å²) in [7, 11) is 1.68. The standard InChI is InChI=1S/C26H24N2O2/c1-17-6-4-5-7-21(17)26(29)28-15-20-8-10-22(23-12-13-27-16-24(20)23)19-9-11-25(30-3)18(2)14-19/h4-14,16H,15H2,1-3H3,(H,28,29). The first kappa shape index (κ1) is 19.6. The zero-order chi connectivity index (χ0) is 21.1. The van der Waals surface area contributed by atoms with E-state index in [2.05, 4.69) is 34.6 Å². The van der Waals surface area contributed by atoms with Gasteiger partial charge < -0.3 is 10.1 Å². The van der Waals surface area contributed by atoms with Gasteiger partial charge in [-0.15, -0.1) is 0 Å². The number of ether oxygens (including phenoxy) is 1. The summed E-state index contributed by atoms with van der Waals surface area (Å²) in [5.74, 6) is 0.806. The van der Waals surface area contributed by atoms with Crippen LogP contribution in [-0.4, -0.2) is 18.0 Å². The van der Waals surface area contributed by atoms with Crippen molar-refractivity contribution in [3.8, 4) is 16.9 Å². The second-order valence-corrected chi connectivity index (χ2v) is 7.38. The van der Waals surface area contributed by atoms with E-state index in [1.807, 2.05) is 56.4 Å². The molecular weight excluding hydrogens is 372 g/mol. The average molecular weight is 396 g/mol. The van der Waals surface area contributed by atoms with Gasteiger partial charge in [-0.05, 0) is 71.3 Å². The van der Waals surface area contributed by atoms with E-state index in [1.165, 1.54) is 0 Å². The van der Waals surface area contributed by atoms with Crippen molar-refractivity contribution in [3.05, 3.63) is 95.3 Å². The molecule has 0 atom stereocenters. The highest BCUT2D eigenvalue weighted by molar-refractivity contribution is 5.99. The number of methoxy groups -OCH3 is 1. The van der Waals surface area contributed by atoms with E-state index < -0.39 is 0 Å². The lowest BCUT2D eigenvalue weighted by Crippen LogP contribution is -2.23. The maximum Gasteiger partial charge on any atom is 0.251 e. The van der Waals surface area contributed by atoms with Crippen molar-refractivity contribution in [1.29, 1.82) is 0 Å². The van der Waals surface area contributed by atoms with Crippen LogP contribution >= 0.6 is 0 Å². The zero-order valence-corrected chi connectivity index (χ0v) is 17.4. The van der Waals surface area contributed by atoms with Crippen molar-refractivity contribution in [2.45, 2.75) is 20.4 Å². The molecule has 0 aliphatic carbocycles. The van der Waals surface area contributed by atoms with Crippen molar-refractivity contribution < 1.29 is 9.53 Å². The summed E-state index contributed by atoms with van der Waals surface area (Å²) in [6.07, 6.45) is 3.67. The fraction of sp³-hybridized carbons (Fsp3) is 0.154. The third-order valence-electron chi connectivity index (χ3n) is 5.44. The van der Waals surface area contributed by atoms with Gasteiger partial charge >= 0.3 is 0 Å². The van der Waals surface area contributed by atoms with Gasteiger partial charge in [0.15, 0.2) is 0 Å². The molecule has 1 N–H and O–H groups in total. The van der Waals surface area contributed by atoms with E-state index in [1.54, 1.807) is 13.3 Å². The number of rotatable bonds is 5. The number of fused-ring (bicyclic) bond motifs is 1. The predicted molar refractivity (Wildman–Crippen MR) is 121 cm³/mol. The summed E-state index contributed by atoms with van der Waals surface area (Å²) in [5.41, 5.74) is 6.05. The molecule has 4 rings (SSSR count). The molecule has 0 unspecified atom stereocenters. The molecule has 4 heteroatoms. The fourth-order valence-corrected chi connectivity index (χ4v) is 3.80. The Balaban J connectivity index is 1.67. The summed E-state index contributed by atoms with van der Waals surface area (Å²) in [4.78, 5) is 16.9. The molecule has 0 saturated heterocycles. The second kappa shape index (κ2) is 8.37. The van der Waals surface area contributed by atoms with Gasteiger partial charge in [0.25, 0.3) is 5.91 Å². The molecule has 3 aromatic carbocycles.